The Morgan fingerprint density at radius 2 is 2.08 bits per heavy atom. The van der Waals surface area contributed by atoms with Gasteiger partial charge in [0, 0.05) is 26.2 Å². The van der Waals surface area contributed by atoms with Gasteiger partial charge < -0.3 is 10.2 Å². The van der Waals surface area contributed by atoms with Gasteiger partial charge in [0.25, 0.3) is 5.91 Å². The fourth-order valence-corrected chi connectivity index (χ4v) is 3.02. The number of hydrogen-bond donors (Lipinski definition) is 1. The maximum Gasteiger partial charge on any atom is 0.254 e. The summed E-state index contributed by atoms with van der Waals surface area (Å²) < 4.78 is 14.8. The molecule has 0 saturated carbocycles. The zero-order chi connectivity index (χ0) is 17.3. The van der Waals surface area contributed by atoms with Gasteiger partial charge in [-0.05, 0) is 24.6 Å². The van der Waals surface area contributed by atoms with E-state index in [2.05, 4.69) is 10.4 Å². The van der Waals surface area contributed by atoms with Crippen molar-refractivity contribution in [2.45, 2.75) is 32.0 Å². The number of amides is 2. The monoisotopic (exact) mass is 330 g/mol. The van der Waals surface area contributed by atoms with Crippen LogP contribution in [0.3, 0.4) is 0 Å². The fourth-order valence-electron chi connectivity index (χ4n) is 3.02. The smallest absolute Gasteiger partial charge is 0.254 e. The van der Waals surface area contributed by atoms with Gasteiger partial charge in [-0.2, -0.15) is 5.10 Å². The highest BCUT2D eigenvalue weighted by Gasteiger charge is 2.39. The van der Waals surface area contributed by atoms with Gasteiger partial charge in [0.2, 0.25) is 5.91 Å². The molecule has 0 unspecified atom stereocenters. The van der Waals surface area contributed by atoms with Crippen LogP contribution in [0.15, 0.2) is 36.7 Å². The van der Waals surface area contributed by atoms with Crippen LogP contribution in [0.5, 0.6) is 0 Å². The van der Waals surface area contributed by atoms with Gasteiger partial charge in [0.15, 0.2) is 0 Å². The number of aromatic nitrogens is 2. The number of aryl methyl sites for hydroxylation is 1. The van der Waals surface area contributed by atoms with Crippen LogP contribution < -0.4 is 5.32 Å². The van der Waals surface area contributed by atoms with Crippen molar-refractivity contribution in [1.82, 2.24) is 20.0 Å². The van der Waals surface area contributed by atoms with Gasteiger partial charge in [-0.3, -0.25) is 14.3 Å². The van der Waals surface area contributed by atoms with Crippen LogP contribution in [0.4, 0.5) is 4.39 Å². The maximum atomic E-state index is 13.2. The number of nitrogens with one attached hydrogen (secondary N) is 1. The van der Waals surface area contributed by atoms with Crippen LogP contribution in [0, 0.1) is 5.82 Å². The van der Waals surface area contributed by atoms with Crippen molar-refractivity contribution in [3.63, 3.8) is 0 Å². The maximum absolute atomic E-state index is 13.2. The highest BCUT2D eigenvalue weighted by Crippen LogP contribution is 2.32. The second kappa shape index (κ2) is 6.43. The molecular formula is C17H19FN4O2. The molecule has 2 aromatic rings. The summed E-state index contributed by atoms with van der Waals surface area (Å²) in [5.74, 6) is -0.660. The molecule has 24 heavy (non-hydrogen) atoms. The molecule has 2 amide bonds. The first-order valence-corrected chi connectivity index (χ1v) is 7.84. The quantitative estimate of drug-likeness (QED) is 0.928. The molecule has 0 radical (unpaired) electrons. The summed E-state index contributed by atoms with van der Waals surface area (Å²) in [6, 6.07) is 5.31. The third-order valence-corrected chi connectivity index (χ3v) is 4.33. The van der Waals surface area contributed by atoms with Crippen molar-refractivity contribution in [3.05, 3.63) is 53.6 Å². The molecule has 1 aliphatic heterocycles. The largest absolute Gasteiger partial charge is 0.346 e. The second-order valence-electron chi connectivity index (χ2n) is 5.87. The topological polar surface area (TPSA) is 67.2 Å². The summed E-state index contributed by atoms with van der Waals surface area (Å²) >= 11 is 0. The van der Waals surface area contributed by atoms with Gasteiger partial charge >= 0.3 is 0 Å². The van der Waals surface area contributed by atoms with E-state index in [-0.39, 0.29) is 36.1 Å². The van der Waals surface area contributed by atoms with Crippen LogP contribution in [0.25, 0.3) is 0 Å². The molecule has 1 aromatic carbocycles. The fraction of sp³-hybridized carbons (Fsp3) is 0.353. The Kier molecular flexibility index (Phi) is 4.33. The lowest BCUT2D eigenvalue weighted by molar-refractivity contribution is -0.127. The molecule has 0 bridgehead atoms. The summed E-state index contributed by atoms with van der Waals surface area (Å²) in [4.78, 5) is 26.1. The molecule has 0 spiro atoms. The van der Waals surface area contributed by atoms with Crippen molar-refractivity contribution in [3.8, 4) is 0 Å². The van der Waals surface area contributed by atoms with E-state index in [0.717, 1.165) is 5.56 Å². The predicted molar refractivity (Wildman–Crippen MR) is 85.7 cm³/mol. The van der Waals surface area contributed by atoms with Gasteiger partial charge in [-0.1, -0.05) is 12.1 Å². The van der Waals surface area contributed by atoms with Crippen molar-refractivity contribution in [2.75, 3.05) is 7.05 Å². The number of hydrogen-bond acceptors (Lipinski definition) is 3. The van der Waals surface area contributed by atoms with Crippen molar-refractivity contribution in [1.29, 1.82) is 0 Å². The number of rotatable bonds is 4. The van der Waals surface area contributed by atoms with Crippen LogP contribution >= 0.6 is 0 Å². The first-order chi connectivity index (χ1) is 11.5. The lowest BCUT2D eigenvalue weighted by Gasteiger charge is -2.25. The molecule has 1 fully saturated rings. The van der Waals surface area contributed by atoms with E-state index in [1.807, 2.05) is 6.92 Å². The van der Waals surface area contributed by atoms with Crippen LogP contribution in [-0.2, 0) is 11.3 Å². The normalized spacial score (nSPS) is 20.5. The third kappa shape index (κ3) is 3.02. The Morgan fingerprint density at radius 1 is 1.38 bits per heavy atom. The average molecular weight is 330 g/mol. The summed E-state index contributed by atoms with van der Waals surface area (Å²) in [6.07, 6.45) is 3.39. The minimum absolute atomic E-state index is 0.0566. The lowest BCUT2D eigenvalue weighted by Crippen LogP contribution is -2.38. The van der Waals surface area contributed by atoms with E-state index in [1.165, 1.54) is 18.3 Å². The Balaban J connectivity index is 1.81. The average Bonchev–Trinajstić information content (AvgIpc) is 3.15. The van der Waals surface area contributed by atoms with Gasteiger partial charge in [-0.25, -0.2) is 4.39 Å². The van der Waals surface area contributed by atoms with Gasteiger partial charge in [0.1, 0.15) is 5.82 Å². The number of nitrogens with zero attached hydrogens (tertiary/aromatic N) is 3. The molecular weight excluding hydrogens is 311 g/mol. The van der Waals surface area contributed by atoms with E-state index in [1.54, 1.807) is 35.0 Å². The Labute approximate surface area is 139 Å². The number of benzene rings is 1. The Hall–Kier alpha value is -2.70. The summed E-state index contributed by atoms with van der Waals surface area (Å²) in [6.45, 7) is 2.61. The zero-order valence-electron chi connectivity index (χ0n) is 13.6. The van der Waals surface area contributed by atoms with E-state index in [9.17, 15) is 14.0 Å². The van der Waals surface area contributed by atoms with E-state index >= 15 is 0 Å². The Bertz CT molecular complexity index is 756. The molecule has 1 saturated heterocycles. The van der Waals surface area contributed by atoms with Crippen LogP contribution in [0.1, 0.15) is 35.3 Å². The molecule has 1 aromatic heterocycles. The number of carbonyl (C=O) groups is 2. The molecule has 1 N–H and O–H groups in total. The number of halogens is 1. The molecule has 126 valence electrons. The standard InChI is InChI=1S/C17H19FN4O2/c1-3-22-10-12(9-19-22)17(24)20-14-8-15(23)21(2)16(14)11-4-6-13(18)7-5-11/h4-7,9-10,14,16H,3,8H2,1-2H3,(H,20,24)/t14-,16-/m1/s1. The van der Waals surface area contributed by atoms with Crippen LogP contribution in [-0.4, -0.2) is 39.6 Å². The lowest BCUT2D eigenvalue weighted by atomic mass is 10.00. The molecule has 3 rings (SSSR count). The highest BCUT2D eigenvalue weighted by molar-refractivity contribution is 5.94. The number of likely N-dealkylation sites (N-methyl/N-ethyl adjacent to an activating group) is 1. The zero-order valence-corrected chi connectivity index (χ0v) is 13.6. The van der Waals surface area contributed by atoms with Crippen molar-refractivity contribution >= 4 is 11.8 Å². The molecule has 7 heteroatoms. The summed E-state index contributed by atoms with van der Waals surface area (Å²) in [5.41, 5.74) is 1.25. The number of likely N-dealkylation sites (tertiary alicyclic amines) is 1. The molecule has 6 nitrogen and oxygen atoms in total. The first kappa shape index (κ1) is 16.2. The first-order valence-electron chi connectivity index (χ1n) is 7.84. The highest BCUT2D eigenvalue weighted by atomic mass is 19.1. The molecule has 2 heterocycles. The molecule has 0 aliphatic carbocycles. The van der Waals surface area contributed by atoms with E-state index in [0.29, 0.717) is 12.1 Å². The van der Waals surface area contributed by atoms with Gasteiger partial charge in [0.05, 0.1) is 23.8 Å². The Morgan fingerprint density at radius 3 is 2.71 bits per heavy atom. The molecule has 2 atom stereocenters. The van der Waals surface area contributed by atoms with Crippen LogP contribution in [0.2, 0.25) is 0 Å². The summed E-state index contributed by atoms with van der Waals surface area (Å²) in [7, 11) is 1.69. The predicted octanol–water partition coefficient (Wildman–Crippen LogP) is 1.74. The van der Waals surface area contributed by atoms with Gasteiger partial charge in [-0.15, -0.1) is 0 Å². The molecule has 1 aliphatic rings. The van der Waals surface area contributed by atoms with Crippen molar-refractivity contribution < 1.29 is 14.0 Å². The van der Waals surface area contributed by atoms with E-state index < -0.39 is 0 Å². The third-order valence-electron chi connectivity index (χ3n) is 4.33. The van der Waals surface area contributed by atoms with Crippen molar-refractivity contribution in [2.24, 2.45) is 0 Å². The number of carbonyl (C=O) groups excluding carboxylic acids is 2. The minimum Gasteiger partial charge on any atom is -0.346 e. The SMILES string of the molecule is CCn1cc(C(=O)N[C@@H]2CC(=O)N(C)[C@@H]2c2ccc(F)cc2)cn1. The van der Waals surface area contributed by atoms with E-state index in [4.69, 9.17) is 0 Å². The second-order valence-corrected chi connectivity index (χ2v) is 5.87. The minimum atomic E-state index is -0.370. The summed E-state index contributed by atoms with van der Waals surface area (Å²) in [5, 5.41) is 6.99.